The molecule has 1 amide bonds. The maximum absolute atomic E-state index is 14.1. The van der Waals surface area contributed by atoms with Crippen molar-refractivity contribution in [3.63, 3.8) is 0 Å². The van der Waals surface area contributed by atoms with Crippen molar-refractivity contribution in [2.45, 2.75) is 47.6 Å². The van der Waals surface area contributed by atoms with Crippen molar-refractivity contribution in [1.29, 1.82) is 0 Å². The van der Waals surface area contributed by atoms with Gasteiger partial charge in [0.05, 0.1) is 25.3 Å². The van der Waals surface area contributed by atoms with Gasteiger partial charge in [0.2, 0.25) is 5.91 Å². The van der Waals surface area contributed by atoms with Crippen LogP contribution in [0.1, 0.15) is 45.9 Å². The summed E-state index contributed by atoms with van der Waals surface area (Å²) in [5.74, 6) is 1.96. The summed E-state index contributed by atoms with van der Waals surface area (Å²) in [4.78, 5) is 22.4. The number of piperazine rings is 1. The lowest BCUT2D eigenvalue weighted by Gasteiger charge is -2.34. The van der Waals surface area contributed by atoms with Crippen LogP contribution in [0.3, 0.4) is 0 Å². The number of pyridine rings is 1. The van der Waals surface area contributed by atoms with E-state index in [4.69, 9.17) is 14.5 Å². The lowest BCUT2D eigenvalue weighted by atomic mass is 10.0. The van der Waals surface area contributed by atoms with Crippen LogP contribution in [-0.2, 0) is 17.8 Å². The zero-order valence-electron chi connectivity index (χ0n) is 25.4. The number of hydrogen-bond donors (Lipinski definition) is 1. The molecule has 0 radical (unpaired) electrons. The summed E-state index contributed by atoms with van der Waals surface area (Å²) in [5.41, 5.74) is 3.42. The van der Waals surface area contributed by atoms with Crippen molar-refractivity contribution in [1.82, 2.24) is 15.2 Å². The smallest absolute Gasteiger partial charge is 0.226 e. The minimum atomic E-state index is -0.385. The van der Waals surface area contributed by atoms with Crippen LogP contribution >= 0.6 is 0 Å². The molecule has 0 bridgehead atoms. The van der Waals surface area contributed by atoms with Crippen LogP contribution in [0.4, 0.5) is 10.2 Å². The molecule has 1 N–H and O–H groups in total. The first-order valence-corrected chi connectivity index (χ1v) is 14.7. The first-order chi connectivity index (χ1) is 19.8. The molecule has 0 saturated carbocycles. The van der Waals surface area contributed by atoms with Crippen LogP contribution in [0, 0.1) is 11.7 Å². The van der Waals surface area contributed by atoms with Gasteiger partial charge in [0.25, 0.3) is 0 Å². The Bertz CT molecular complexity index is 1240. The van der Waals surface area contributed by atoms with Gasteiger partial charge < -0.3 is 24.6 Å². The van der Waals surface area contributed by atoms with E-state index in [1.54, 1.807) is 6.07 Å². The van der Waals surface area contributed by atoms with E-state index in [-0.39, 0.29) is 24.7 Å². The highest BCUT2D eigenvalue weighted by molar-refractivity contribution is 5.80. The number of carbonyl (C=O) groups is 1. The van der Waals surface area contributed by atoms with E-state index in [1.165, 1.54) is 12.1 Å². The van der Waals surface area contributed by atoms with Crippen LogP contribution in [-0.4, -0.2) is 62.2 Å². The summed E-state index contributed by atoms with van der Waals surface area (Å²) >= 11 is 0. The number of hydrogen-bond acceptors (Lipinski definition) is 6. The molecule has 1 fully saturated rings. The highest BCUT2D eigenvalue weighted by Gasteiger charge is 2.20. The number of carbonyl (C=O) groups excluding carboxylic acids is 1. The molecule has 1 saturated heterocycles. The first-order valence-electron chi connectivity index (χ1n) is 14.7. The Hall–Kier alpha value is -3.65. The van der Waals surface area contributed by atoms with E-state index in [0.29, 0.717) is 36.1 Å². The van der Waals surface area contributed by atoms with E-state index in [2.05, 4.69) is 22.2 Å². The standard InChI is InChI=1S/C31H39FN4O3.C2H6/c1-5-38-27-9-6-24(7-10-27)29-11-8-26(34-31(29)36-14-12-35(4)13-15-36)19-30(37)33-20-23-16-25(32)18-28(17-23)39-21-22(2)3;1-2/h6-11,16-18,22H,5,12-15,19-21H2,1-4H3,(H,33,37);1-2H3. The fraction of sp³-hybridized carbons (Fsp3) is 0.455. The number of ether oxygens (including phenoxy) is 2. The average molecular weight is 565 g/mol. The molecule has 0 unspecified atom stereocenters. The number of likely N-dealkylation sites (N-methyl/N-ethyl adjacent to an activating group) is 1. The number of benzene rings is 2. The van der Waals surface area contributed by atoms with E-state index >= 15 is 0 Å². The van der Waals surface area contributed by atoms with Crippen molar-refractivity contribution in [3.05, 3.63) is 71.7 Å². The van der Waals surface area contributed by atoms with E-state index < -0.39 is 0 Å². The molecule has 1 aliphatic heterocycles. The Labute approximate surface area is 244 Å². The topological polar surface area (TPSA) is 66.9 Å². The maximum atomic E-state index is 14.1. The third kappa shape index (κ3) is 9.74. The minimum Gasteiger partial charge on any atom is -0.494 e. The Morgan fingerprint density at radius 2 is 1.68 bits per heavy atom. The number of nitrogens with one attached hydrogen (secondary N) is 1. The molecule has 2 aromatic carbocycles. The lowest BCUT2D eigenvalue weighted by Crippen LogP contribution is -2.45. The van der Waals surface area contributed by atoms with Crippen LogP contribution in [0.15, 0.2) is 54.6 Å². The molecule has 0 aliphatic carbocycles. The van der Waals surface area contributed by atoms with E-state index in [0.717, 1.165) is 48.9 Å². The lowest BCUT2D eigenvalue weighted by molar-refractivity contribution is -0.120. The summed E-state index contributed by atoms with van der Waals surface area (Å²) in [6.07, 6.45) is 0.135. The molecule has 222 valence electrons. The first kappa shape index (κ1) is 31.9. The highest BCUT2D eigenvalue weighted by atomic mass is 19.1. The molecular formula is C33H45FN4O3. The predicted molar refractivity (Wildman–Crippen MR) is 164 cm³/mol. The predicted octanol–water partition coefficient (Wildman–Crippen LogP) is 5.96. The van der Waals surface area contributed by atoms with Crippen molar-refractivity contribution in [3.8, 4) is 22.6 Å². The number of halogens is 1. The van der Waals surface area contributed by atoms with Gasteiger partial charge in [0.1, 0.15) is 23.1 Å². The Morgan fingerprint density at radius 3 is 2.34 bits per heavy atom. The van der Waals surface area contributed by atoms with Crippen molar-refractivity contribution >= 4 is 11.7 Å². The van der Waals surface area contributed by atoms with Gasteiger partial charge in [-0.25, -0.2) is 9.37 Å². The minimum absolute atomic E-state index is 0.135. The monoisotopic (exact) mass is 564 g/mol. The largest absolute Gasteiger partial charge is 0.494 e. The van der Waals surface area contributed by atoms with Gasteiger partial charge in [-0.1, -0.05) is 39.8 Å². The molecule has 3 aromatic rings. The molecule has 0 spiro atoms. The second-order valence-corrected chi connectivity index (χ2v) is 10.4. The second-order valence-electron chi connectivity index (χ2n) is 10.4. The van der Waals surface area contributed by atoms with Gasteiger partial charge in [0.15, 0.2) is 0 Å². The number of aromatic nitrogens is 1. The third-order valence-corrected chi connectivity index (χ3v) is 6.56. The summed E-state index contributed by atoms with van der Waals surface area (Å²) in [6, 6.07) is 16.5. The fourth-order valence-corrected chi connectivity index (χ4v) is 4.46. The average Bonchev–Trinajstić information content (AvgIpc) is 2.97. The summed E-state index contributed by atoms with van der Waals surface area (Å²) in [7, 11) is 2.12. The number of nitrogens with zero attached hydrogens (tertiary/aromatic N) is 3. The Kier molecular flexibility index (Phi) is 12.4. The van der Waals surface area contributed by atoms with Gasteiger partial charge in [-0.3, -0.25) is 4.79 Å². The summed E-state index contributed by atoms with van der Waals surface area (Å²) < 4.78 is 25.4. The number of amides is 1. The van der Waals surface area contributed by atoms with Gasteiger partial charge >= 0.3 is 0 Å². The van der Waals surface area contributed by atoms with Crippen molar-refractivity contribution < 1.29 is 18.7 Å². The summed E-state index contributed by atoms with van der Waals surface area (Å²) in [6.45, 7) is 15.0. The SMILES string of the molecule is CC.CCOc1ccc(-c2ccc(CC(=O)NCc3cc(F)cc(OCC(C)C)c3)nc2N2CCN(C)CC2)cc1. The maximum Gasteiger partial charge on any atom is 0.226 e. The summed E-state index contributed by atoms with van der Waals surface area (Å²) in [5, 5.41) is 2.90. The van der Waals surface area contributed by atoms with E-state index in [1.807, 2.05) is 71.0 Å². The van der Waals surface area contributed by atoms with Crippen LogP contribution in [0.2, 0.25) is 0 Å². The molecular weight excluding hydrogens is 519 g/mol. The highest BCUT2D eigenvalue weighted by Crippen LogP contribution is 2.31. The second kappa shape index (κ2) is 16.0. The van der Waals surface area contributed by atoms with Gasteiger partial charge in [-0.2, -0.15) is 0 Å². The molecule has 2 heterocycles. The molecule has 1 aromatic heterocycles. The van der Waals surface area contributed by atoms with Crippen LogP contribution < -0.4 is 19.7 Å². The fourth-order valence-electron chi connectivity index (χ4n) is 4.46. The molecule has 1 aliphatic rings. The Morgan fingerprint density at radius 1 is 0.976 bits per heavy atom. The number of anilines is 1. The zero-order valence-corrected chi connectivity index (χ0v) is 25.4. The van der Waals surface area contributed by atoms with Crippen molar-refractivity contribution in [2.24, 2.45) is 5.92 Å². The van der Waals surface area contributed by atoms with Crippen LogP contribution in [0.5, 0.6) is 11.5 Å². The zero-order chi connectivity index (χ0) is 29.8. The Balaban J connectivity index is 0.00000226. The van der Waals surface area contributed by atoms with Crippen LogP contribution in [0.25, 0.3) is 11.1 Å². The third-order valence-electron chi connectivity index (χ3n) is 6.56. The number of rotatable bonds is 11. The molecule has 7 nitrogen and oxygen atoms in total. The molecule has 0 atom stereocenters. The normalized spacial score (nSPS) is 13.4. The van der Waals surface area contributed by atoms with Crippen molar-refractivity contribution in [2.75, 3.05) is 51.3 Å². The van der Waals surface area contributed by atoms with Gasteiger partial charge in [-0.15, -0.1) is 0 Å². The molecule has 41 heavy (non-hydrogen) atoms. The molecule has 4 rings (SSSR count). The van der Waals surface area contributed by atoms with E-state index in [9.17, 15) is 9.18 Å². The molecule has 8 heteroatoms. The quantitative estimate of drug-likeness (QED) is 0.310. The van der Waals surface area contributed by atoms with Gasteiger partial charge in [0, 0.05) is 44.4 Å². The van der Waals surface area contributed by atoms with Gasteiger partial charge in [-0.05, 0) is 67.4 Å².